The van der Waals surface area contributed by atoms with Crippen molar-refractivity contribution in [1.29, 1.82) is 0 Å². The molecule has 0 amide bonds. The Morgan fingerprint density at radius 2 is 1.53 bits per heavy atom. The molecule has 0 aliphatic heterocycles. The Morgan fingerprint density at radius 1 is 0.941 bits per heavy atom. The summed E-state index contributed by atoms with van der Waals surface area (Å²) in [5.74, 6) is 0.289. The molecule has 0 saturated carbocycles. The van der Waals surface area contributed by atoms with Crippen LogP contribution in [0.5, 0.6) is 23.0 Å². The van der Waals surface area contributed by atoms with Crippen LogP contribution in [0.4, 0.5) is 0 Å². The maximum Gasteiger partial charge on any atom is 0.134 e. The molecule has 0 radical (unpaired) electrons. The maximum absolute atomic E-state index is 9.82. The van der Waals surface area contributed by atoms with E-state index in [0.29, 0.717) is 16.5 Å². The Morgan fingerprint density at radius 3 is 2.12 bits per heavy atom. The van der Waals surface area contributed by atoms with E-state index in [1.807, 2.05) is 13.8 Å². The zero-order chi connectivity index (χ0) is 12.6. The van der Waals surface area contributed by atoms with E-state index in [2.05, 4.69) is 0 Å². The summed E-state index contributed by atoms with van der Waals surface area (Å²) in [5.41, 5.74) is 0. The Labute approximate surface area is 98.7 Å². The maximum atomic E-state index is 9.82. The highest BCUT2D eigenvalue weighted by molar-refractivity contribution is 5.95. The summed E-state index contributed by atoms with van der Waals surface area (Å²) in [4.78, 5) is 0. The highest BCUT2D eigenvalue weighted by Gasteiger charge is 2.12. The highest BCUT2D eigenvalue weighted by atomic mass is 16.5. The first-order chi connectivity index (χ1) is 7.97. The Kier molecular flexibility index (Phi) is 2.71. The van der Waals surface area contributed by atoms with Gasteiger partial charge in [0.1, 0.15) is 23.0 Å². The fourth-order valence-electron chi connectivity index (χ4n) is 1.77. The molecular weight excluding hydrogens is 220 g/mol. The van der Waals surface area contributed by atoms with Gasteiger partial charge in [0.2, 0.25) is 0 Å². The minimum Gasteiger partial charge on any atom is -0.508 e. The molecule has 0 unspecified atom stereocenters. The van der Waals surface area contributed by atoms with Gasteiger partial charge in [0.25, 0.3) is 0 Å². The lowest BCUT2D eigenvalue weighted by molar-refractivity contribution is 0.244. The largest absolute Gasteiger partial charge is 0.508 e. The molecule has 0 bridgehead atoms. The third-order valence-electron chi connectivity index (χ3n) is 2.32. The number of fused-ring (bicyclic) bond motifs is 1. The molecule has 4 heteroatoms. The first kappa shape index (κ1) is 11.4. The molecule has 2 rings (SSSR count). The van der Waals surface area contributed by atoms with Crippen molar-refractivity contribution in [2.75, 3.05) is 0 Å². The second kappa shape index (κ2) is 4.05. The van der Waals surface area contributed by atoms with E-state index < -0.39 is 0 Å². The van der Waals surface area contributed by atoms with Gasteiger partial charge in [-0.2, -0.15) is 0 Å². The van der Waals surface area contributed by atoms with Crippen LogP contribution in [0.15, 0.2) is 24.3 Å². The number of hydrogen-bond donors (Lipinski definition) is 3. The fraction of sp³-hybridized carbons (Fsp3) is 0.231. The molecule has 0 saturated heterocycles. The fourth-order valence-corrected chi connectivity index (χ4v) is 1.77. The van der Waals surface area contributed by atoms with Gasteiger partial charge in [-0.3, -0.25) is 0 Å². The number of aromatic hydroxyl groups is 3. The van der Waals surface area contributed by atoms with Crippen LogP contribution >= 0.6 is 0 Å². The second-order valence-electron chi connectivity index (χ2n) is 4.17. The van der Waals surface area contributed by atoms with Gasteiger partial charge in [-0.1, -0.05) is 0 Å². The summed E-state index contributed by atoms with van der Waals surface area (Å²) in [7, 11) is 0. The van der Waals surface area contributed by atoms with Crippen LogP contribution in [0.3, 0.4) is 0 Å². The van der Waals surface area contributed by atoms with Crippen molar-refractivity contribution in [3.05, 3.63) is 24.3 Å². The summed E-state index contributed by atoms with van der Waals surface area (Å²) >= 11 is 0. The van der Waals surface area contributed by atoms with Gasteiger partial charge >= 0.3 is 0 Å². The second-order valence-corrected chi connectivity index (χ2v) is 4.17. The first-order valence-corrected chi connectivity index (χ1v) is 5.32. The van der Waals surface area contributed by atoms with Gasteiger partial charge in [-0.05, 0) is 31.4 Å². The number of ether oxygens (including phenoxy) is 1. The predicted octanol–water partition coefficient (Wildman–Crippen LogP) is 2.74. The lowest BCUT2D eigenvalue weighted by Crippen LogP contribution is -2.05. The quantitative estimate of drug-likeness (QED) is 0.747. The molecule has 0 aliphatic carbocycles. The lowest BCUT2D eigenvalue weighted by Gasteiger charge is -2.14. The van der Waals surface area contributed by atoms with Crippen molar-refractivity contribution >= 4 is 10.8 Å². The van der Waals surface area contributed by atoms with Crippen LogP contribution in [-0.2, 0) is 0 Å². The molecule has 0 atom stereocenters. The first-order valence-electron chi connectivity index (χ1n) is 5.32. The monoisotopic (exact) mass is 234 g/mol. The third kappa shape index (κ3) is 2.20. The van der Waals surface area contributed by atoms with Crippen LogP contribution in [0.25, 0.3) is 10.8 Å². The molecule has 2 aromatic carbocycles. The van der Waals surface area contributed by atoms with E-state index in [-0.39, 0.29) is 23.4 Å². The van der Waals surface area contributed by atoms with Crippen LogP contribution in [-0.4, -0.2) is 21.4 Å². The van der Waals surface area contributed by atoms with Crippen molar-refractivity contribution in [3.63, 3.8) is 0 Å². The topological polar surface area (TPSA) is 69.9 Å². The predicted molar refractivity (Wildman–Crippen MR) is 64.7 cm³/mol. The minimum atomic E-state index is -0.0757. The summed E-state index contributed by atoms with van der Waals surface area (Å²) in [5, 5.41) is 29.8. The zero-order valence-electron chi connectivity index (χ0n) is 9.64. The van der Waals surface area contributed by atoms with Gasteiger partial charge in [-0.25, -0.2) is 0 Å². The number of phenolic OH excluding ortho intramolecular Hbond substituents is 3. The average molecular weight is 234 g/mol. The van der Waals surface area contributed by atoms with Gasteiger partial charge in [0, 0.05) is 12.1 Å². The van der Waals surface area contributed by atoms with E-state index in [9.17, 15) is 15.3 Å². The number of rotatable bonds is 2. The zero-order valence-corrected chi connectivity index (χ0v) is 9.64. The van der Waals surface area contributed by atoms with E-state index >= 15 is 0 Å². The molecule has 0 heterocycles. The smallest absolute Gasteiger partial charge is 0.134 e. The average Bonchev–Trinajstić information content (AvgIpc) is 2.13. The SMILES string of the molecule is CC(C)Oc1cc(O)cc2cc(O)cc(O)c12. The molecule has 2 aromatic rings. The van der Waals surface area contributed by atoms with Crippen molar-refractivity contribution in [1.82, 2.24) is 0 Å². The molecule has 3 N–H and O–H groups in total. The minimum absolute atomic E-state index is 0.0261. The van der Waals surface area contributed by atoms with Crippen molar-refractivity contribution in [3.8, 4) is 23.0 Å². The van der Waals surface area contributed by atoms with Gasteiger partial charge in [-0.15, -0.1) is 0 Å². The van der Waals surface area contributed by atoms with E-state index in [1.165, 1.54) is 24.3 Å². The molecule has 0 aromatic heterocycles. The highest BCUT2D eigenvalue weighted by Crippen LogP contribution is 2.39. The van der Waals surface area contributed by atoms with E-state index in [4.69, 9.17) is 4.74 Å². The molecule has 17 heavy (non-hydrogen) atoms. The Bertz CT molecular complexity index is 556. The molecule has 4 nitrogen and oxygen atoms in total. The molecular formula is C13H14O4. The molecule has 0 aliphatic rings. The summed E-state index contributed by atoms with van der Waals surface area (Å²) in [6, 6.07) is 5.61. The van der Waals surface area contributed by atoms with Crippen LogP contribution in [0.2, 0.25) is 0 Å². The Balaban J connectivity index is 2.73. The lowest BCUT2D eigenvalue weighted by atomic mass is 10.1. The van der Waals surface area contributed by atoms with Crippen molar-refractivity contribution in [2.45, 2.75) is 20.0 Å². The summed E-state index contributed by atoms with van der Waals surface area (Å²) in [6.45, 7) is 3.71. The van der Waals surface area contributed by atoms with E-state index in [0.717, 1.165) is 0 Å². The van der Waals surface area contributed by atoms with Crippen molar-refractivity contribution < 1.29 is 20.1 Å². The van der Waals surface area contributed by atoms with E-state index in [1.54, 1.807) is 0 Å². The van der Waals surface area contributed by atoms with Gasteiger partial charge < -0.3 is 20.1 Å². The summed E-state index contributed by atoms with van der Waals surface area (Å²) < 4.78 is 5.53. The van der Waals surface area contributed by atoms with Crippen LogP contribution in [0.1, 0.15) is 13.8 Å². The van der Waals surface area contributed by atoms with Crippen molar-refractivity contribution in [2.24, 2.45) is 0 Å². The standard InChI is InChI=1S/C13H14O4/c1-7(2)17-12-6-10(15)4-8-3-9(14)5-11(16)13(8)12/h3-7,14-16H,1-2H3. The van der Waals surface area contributed by atoms with Crippen LogP contribution < -0.4 is 4.74 Å². The summed E-state index contributed by atoms with van der Waals surface area (Å²) in [6.07, 6.45) is -0.0757. The number of phenols is 3. The normalized spacial score (nSPS) is 11.0. The number of hydrogen-bond acceptors (Lipinski definition) is 4. The molecule has 0 fully saturated rings. The number of benzene rings is 2. The Hall–Kier alpha value is -2.10. The molecule has 90 valence electrons. The molecule has 0 spiro atoms. The third-order valence-corrected chi connectivity index (χ3v) is 2.32. The van der Waals surface area contributed by atoms with Gasteiger partial charge in [0.15, 0.2) is 0 Å². The van der Waals surface area contributed by atoms with Crippen LogP contribution in [0, 0.1) is 0 Å². The van der Waals surface area contributed by atoms with Gasteiger partial charge in [0.05, 0.1) is 11.5 Å².